The van der Waals surface area contributed by atoms with Crippen LogP contribution in [-0.2, 0) is 10.2 Å². The van der Waals surface area contributed by atoms with Gasteiger partial charge in [0.15, 0.2) is 0 Å². The van der Waals surface area contributed by atoms with Crippen LogP contribution in [0, 0.1) is 0 Å². The Bertz CT molecular complexity index is 798. The smallest absolute Gasteiger partial charge is 0.318 e. The molecule has 0 saturated heterocycles. The van der Waals surface area contributed by atoms with Crippen molar-refractivity contribution in [2.45, 2.75) is 12.3 Å². The Morgan fingerprint density at radius 1 is 1.00 bits per heavy atom. The first kappa shape index (κ1) is 13.3. The van der Waals surface area contributed by atoms with Crippen molar-refractivity contribution in [3.63, 3.8) is 0 Å². The molecule has 3 heteroatoms. The Morgan fingerprint density at radius 2 is 1.76 bits per heavy atom. The van der Waals surface area contributed by atoms with Gasteiger partial charge in [0.1, 0.15) is 5.41 Å². The maximum Gasteiger partial charge on any atom is 0.318 e. The fourth-order valence-corrected chi connectivity index (χ4v) is 2.58. The van der Waals surface area contributed by atoms with E-state index in [2.05, 4.69) is 4.98 Å². The van der Waals surface area contributed by atoms with Crippen LogP contribution in [0.2, 0.25) is 0 Å². The molecule has 21 heavy (non-hydrogen) atoms. The monoisotopic (exact) mass is 277 g/mol. The van der Waals surface area contributed by atoms with E-state index in [0.717, 1.165) is 21.9 Å². The Hall–Kier alpha value is -2.68. The third kappa shape index (κ3) is 2.17. The van der Waals surface area contributed by atoms with Crippen LogP contribution in [0.15, 0.2) is 67.0 Å². The SMILES string of the molecule is CC(C(=O)O)(c1ccccc1)c1ccc2cnccc2c1. The van der Waals surface area contributed by atoms with E-state index in [4.69, 9.17) is 0 Å². The van der Waals surface area contributed by atoms with Crippen molar-refractivity contribution in [1.82, 2.24) is 4.98 Å². The van der Waals surface area contributed by atoms with Gasteiger partial charge >= 0.3 is 5.97 Å². The third-order valence-corrected chi connectivity index (χ3v) is 4.00. The second-order valence-corrected chi connectivity index (χ2v) is 5.23. The molecule has 3 aromatic rings. The molecular weight excluding hydrogens is 262 g/mol. The van der Waals surface area contributed by atoms with Crippen molar-refractivity contribution >= 4 is 16.7 Å². The highest BCUT2D eigenvalue weighted by Crippen LogP contribution is 2.33. The summed E-state index contributed by atoms with van der Waals surface area (Å²) in [4.78, 5) is 16.0. The molecular formula is C18H15NO2. The highest BCUT2D eigenvalue weighted by Gasteiger charge is 2.37. The number of benzene rings is 2. The molecule has 1 heterocycles. The van der Waals surface area contributed by atoms with Crippen molar-refractivity contribution in [1.29, 1.82) is 0 Å². The molecule has 0 bridgehead atoms. The number of hydrogen-bond acceptors (Lipinski definition) is 2. The molecule has 1 N–H and O–H groups in total. The summed E-state index contributed by atoms with van der Waals surface area (Å²) in [5.74, 6) is -0.859. The van der Waals surface area contributed by atoms with Crippen LogP contribution in [0.3, 0.4) is 0 Å². The fourth-order valence-electron chi connectivity index (χ4n) is 2.58. The van der Waals surface area contributed by atoms with Crippen LogP contribution in [0.25, 0.3) is 10.8 Å². The number of carboxylic acids is 1. The van der Waals surface area contributed by atoms with E-state index >= 15 is 0 Å². The van der Waals surface area contributed by atoms with Crippen LogP contribution >= 0.6 is 0 Å². The molecule has 2 aromatic carbocycles. The lowest BCUT2D eigenvalue weighted by Gasteiger charge is -2.26. The van der Waals surface area contributed by atoms with Gasteiger partial charge in [0.25, 0.3) is 0 Å². The van der Waals surface area contributed by atoms with Gasteiger partial charge in [0.2, 0.25) is 0 Å². The molecule has 1 atom stereocenters. The zero-order valence-electron chi connectivity index (χ0n) is 11.7. The summed E-state index contributed by atoms with van der Waals surface area (Å²) in [6, 6.07) is 16.9. The zero-order valence-corrected chi connectivity index (χ0v) is 11.7. The number of aromatic nitrogens is 1. The minimum Gasteiger partial charge on any atom is -0.480 e. The van der Waals surface area contributed by atoms with Gasteiger partial charge in [-0.3, -0.25) is 9.78 Å². The predicted octanol–water partition coefficient (Wildman–Crippen LogP) is 3.63. The molecule has 0 aliphatic heterocycles. The predicted molar refractivity (Wildman–Crippen MR) is 82.3 cm³/mol. The van der Waals surface area contributed by atoms with Crippen LogP contribution in [0.1, 0.15) is 18.1 Å². The molecule has 3 rings (SSSR count). The molecule has 1 aromatic heterocycles. The lowest BCUT2D eigenvalue weighted by molar-refractivity contribution is -0.141. The first-order chi connectivity index (χ1) is 10.1. The first-order valence-corrected chi connectivity index (χ1v) is 6.75. The standard InChI is InChI=1S/C18H15NO2/c1-18(17(20)21,15-5-3-2-4-6-15)16-8-7-14-12-19-10-9-13(14)11-16/h2-12H,1H3,(H,20,21). The number of carboxylic acid groups (broad SMARTS) is 1. The van der Waals surface area contributed by atoms with E-state index in [1.807, 2.05) is 54.6 Å². The molecule has 1 unspecified atom stereocenters. The lowest BCUT2D eigenvalue weighted by Crippen LogP contribution is -2.33. The number of fused-ring (bicyclic) bond motifs is 1. The number of hydrogen-bond donors (Lipinski definition) is 1. The molecule has 0 aliphatic carbocycles. The number of aliphatic carboxylic acids is 1. The minimum absolute atomic E-state index is 0.764. The van der Waals surface area contributed by atoms with Gasteiger partial charge in [0, 0.05) is 17.8 Å². The molecule has 0 radical (unpaired) electrons. The largest absolute Gasteiger partial charge is 0.480 e. The van der Waals surface area contributed by atoms with Crippen molar-refractivity contribution < 1.29 is 9.90 Å². The minimum atomic E-state index is -1.07. The zero-order chi connectivity index (χ0) is 14.9. The van der Waals surface area contributed by atoms with Crippen molar-refractivity contribution in [2.24, 2.45) is 0 Å². The summed E-state index contributed by atoms with van der Waals surface area (Å²) < 4.78 is 0. The first-order valence-electron chi connectivity index (χ1n) is 6.75. The summed E-state index contributed by atoms with van der Waals surface area (Å²) in [6.07, 6.45) is 3.49. The van der Waals surface area contributed by atoms with Gasteiger partial charge in [-0.25, -0.2) is 0 Å². The molecule has 104 valence electrons. The Balaban J connectivity index is 2.22. The fraction of sp³-hybridized carbons (Fsp3) is 0.111. The van der Waals surface area contributed by atoms with Gasteiger partial charge in [0.05, 0.1) is 0 Å². The number of pyridine rings is 1. The normalized spacial score (nSPS) is 13.8. The van der Waals surface area contributed by atoms with Crippen molar-refractivity contribution in [3.8, 4) is 0 Å². The van der Waals surface area contributed by atoms with E-state index in [1.54, 1.807) is 19.3 Å². The number of carbonyl (C=O) groups is 1. The van der Waals surface area contributed by atoms with Gasteiger partial charge in [-0.1, -0.05) is 42.5 Å². The van der Waals surface area contributed by atoms with Gasteiger partial charge in [-0.15, -0.1) is 0 Å². The summed E-state index contributed by atoms with van der Waals surface area (Å²) >= 11 is 0. The average Bonchev–Trinajstić information content (AvgIpc) is 2.54. The summed E-state index contributed by atoms with van der Waals surface area (Å²) in [5, 5.41) is 11.8. The van der Waals surface area contributed by atoms with Crippen LogP contribution < -0.4 is 0 Å². The summed E-state index contributed by atoms with van der Waals surface area (Å²) in [7, 11) is 0. The molecule has 0 aliphatic rings. The van der Waals surface area contributed by atoms with E-state index in [-0.39, 0.29) is 0 Å². The van der Waals surface area contributed by atoms with E-state index in [0.29, 0.717) is 0 Å². The van der Waals surface area contributed by atoms with E-state index in [1.165, 1.54) is 0 Å². The number of rotatable bonds is 3. The number of nitrogens with zero attached hydrogens (tertiary/aromatic N) is 1. The molecule has 3 nitrogen and oxygen atoms in total. The van der Waals surface area contributed by atoms with Crippen molar-refractivity contribution in [3.05, 3.63) is 78.1 Å². The van der Waals surface area contributed by atoms with Crippen LogP contribution in [0.5, 0.6) is 0 Å². The second-order valence-electron chi connectivity index (χ2n) is 5.23. The quantitative estimate of drug-likeness (QED) is 0.795. The topological polar surface area (TPSA) is 50.2 Å². The molecule has 0 spiro atoms. The van der Waals surface area contributed by atoms with Gasteiger partial charge < -0.3 is 5.11 Å². The van der Waals surface area contributed by atoms with Crippen LogP contribution in [-0.4, -0.2) is 16.1 Å². The van der Waals surface area contributed by atoms with Gasteiger partial charge in [-0.05, 0) is 35.6 Å². The molecule has 0 saturated carbocycles. The summed E-state index contributed by atoms with van der Waals surface area (Å²) in [5.41, 5.74) is 0.462. The van der Waals surface area contributed by atoms with Gasteiger partial charge in [-0.2, -0.15) is 0 Å². The van der Waals surface area contributed by atoms with Crippen LogP contribution in [0.4, 0.5) is 0 Å². The summed E-state index contributed by atoms with van der Waals surface area (Å²) in [6.45, 7) is 1.74. The molecule has 0 fully saturated rings. The third-order valence-electron chi connectivity index (χ3n) is 4.00. The van der Waals surface area contributed by atoms with E-state index in [9.17, 15) is 9.90 Å². The highest BCUT2D eigenvalue weighted by atomic mass is 16.4. The van der Waals surface area contributed by atoms with Crippen molar-refractivity contribution in [2.75, 3.05) is 0 Å². The molecule has 0 amide bonds. The Labute approximate surface area is 122 Å². The highest BCUT2D eigenvalue weighted by molar-refractivity contribution is 5.89. The second kappa shape index (κ2) is 5.02. The van der Waals surface area contributed by atoms with E-state index < -0.39 is 11.4 Å². The Kier molecular flexibility index (Phi) is 3.18. The average molecular weight is 277 g/mol. The lowest BCUT2D eigenvalue weighted by atomic mass is 9.76. The Morgan fingerprint density at radius 3 is 2.48 bits per heavy atom. The maximum absolute atomic E-state index is 11.9. The maximum atomic E-state index is 11.9.